The quantitative estimate of drug-likeness (QED) is 0.879. The van der Waals surface area contributed by atoms with Gasteiger partial charge >= 0.3 is 0 Å². The van der Waals surface area contributed by atoms with Crippen molar-refractivity contribution in [3.8, 4) is 0 Å². The number of likely N-dealkylation sites (tertiary alicyclic amines) is 1. The van der Waals surface area contributed by atoms with E-state index in [0.717, 1.165) is 18.5 Å². The predicted octanol–water partition coefficient (Wildman–Crippen LogP) is 3.81. The standard InChI is InChI=1S/C18H26N2/c1-2-9-18-14(5-1)10-12-20(18)13-15-6-3-8-17-16(15)7-4-11-19-17/h3,6,8,14,18-19H,1-2,4-5,7,9-13H2. The molecule has 4 rings (SSSR count). The van der Waals surface area contributed by atoms with E-state index >= 15 is 0 Å². The van der Waals surface area contributed by atoms with E-state index < -0.39 is 0 Å². The summed E-state index contributed by atoms with van der Waals surface area (Å²) in [7, 11) is 0. The van der Waals surface area contributed by atoms with Gasteiger partial charge in [-0.15, -0.1) is 0 Å². The van der Waals surface area contributed by atoms with E-state index in [1.54, 1.807) is 11.1 Å². The minimum Gasteiger partial charge on any atom is -0.385 e. The maximum Gasteiger partial charge on any atom is 0.0375 e. The highest BCUT2D eigenvalue weighted by molar-refractivity contribution is 5.56. The molecule has 3 aliphatic rings. The van der Waals surface area contributed by atoms with Crippen LogP contribution in [0.4, 0.5) is 5.69 Å². The number of anilines is 1. The molecule has 108 valence electrons. The minimum absolute atomic E-state index is 0.885. The highest BCUT2D eigenvalue weighted by atomic mass is 15.2. The molecule has 1 aromatic carbocycles. The van der Waals surface area contributed by atoms with Gasteiger partial charge in [0.2, 0.25) is 0 Å². The molecule has 2 atom stereocenters. The highest BCUT2D eigenvalue weighted by Gasteiger charge is 2.35. The molecule has 2 heterocycles. The molecule has 1 aromatic rings. The van der Waals surface area contributed by atoms with Gasteiger partial charge in [-0.2, -0.15) is 0 Å². The number of rotatable bonds is 2. The molecule has 0 radical (unpaired) electrons. The van der Waals surface area contributed by atoms with Crippen LogP contribution in [0.3, 0.4) is 0 Å². The summed E-state index contributed by atoms with van der Waals surface area (Å²) in [5, 5.41) is 3.57. The lowest BCUT2D eigenvalue weighted by Crippen LogP contribution is -2.34. The molecule has 0 aromatic heterocycles. The van der Waals surface area contributed by atoms with Crippen LogP contribution in [-0.2, 0) is 13.0 Å². The van der Waals surface area contributed by atoms with Crippen LogP contribution in [0, 0.1) is 5.92 Å². The summed E-state index contributed by atoms with van der Waals surface area (Å²) in [5.41, 5.74) is 4.58. The van der Waals surface area contributed by atoms with Gasteiger partial charge in [0.25, 0.3) is 0 Å². The van der Waals surface area contributed by atoms with Crippen LogP contribution in [0.5, 0.6) is 0 Å². The van der Waals surface area contributed by atoms with E-state index in [0.29, 0.717) is 0 Å². The lowest BCUT2D eigenvalue weighted by atomic mass is 9.85. The lowest BCUT2D eigenvalue weighted by Gasteiger charge is -2.32. The zero-order chi connectivity index (χ0) is 13.4. The second-order valence-corrected chi connectivity index (χ2v) is 6.84. The molecule has 2 nitrogen and oxygen atoms in total. The van der Waals surface area contributed by atoms with Crippen molar-refractivity contribution in [1.29, 1.82) is 0 Å². The predicted molar refractivity (Wildman–Crippen MR) is 84.0 cm³/mol. The molecule has 1 saturated heterocycles. The van der Waals surface area contributed by atoms with Crippen LogP contribution in [-0.4, -0.2) is 24.0 Å². The van der Waals surface area contributed by atoms with Gasteiger partial charge in [0.15, 0.2) is 0 Å². The van der Waals surface area contributed by atoms with Crippen molar-refractivity contribution >= 4 is 5.69 Å². The van der Waals surface area contributed by atoms with Crippen LogP contribution >= 0.6 is 0 Å². The molecule has 20 heavy (non-hydrogen) atoms. The van der Waals surface area contributed by atoms with E-state index in [1.807, 2.05) is 0 Å². The molecule has 1 aliphatic carbocycles. The molecule has 0 amide bonds. The molecule has 1 saturated carbocycles. The van der Waals surface area contributed by atoms with Crippen molar-refractivity contribution in [1.82, 2.24) is 4.90 Å². The summed E-state index contributed by atoms with van der Waals surface area (Å²) in [4.78, 5) is 2.79. The Hall–Kier alpha value is -1.02. The summed E-state index contributed by atoms with van der Waals surface area (Å²) in [6, 6.07) is 7.74. The summed E-state index contributed by atoms with van der Waals surface area (Å²) in [6.45, 7) is 3.66. The van der Waals surface area contributed by atoms with Gasteiger partial charge in [-0.25, -0.2) is 0 Å². The van der Waals surface area contributed by atoms with Gasteiger partial charge in [-0.05, 0) is 61.8 Å². The second-order valence-electron chi connectivity index (χ2n) is 6.84. The molecule has 0 spiro atoms. The van der Waals surface area contributed by atoms with Gasteiger partial charge in [0.05, 0.1) is 0 Å². The van der Waals surface area contributed by atoms with Crippen LogP contribution < -0.4 is 5.32 Å². The number of hydrogen-bond donors (Lipinski definition) is 1. The minimum atomic E-state index is 0.885. The number of fused-ring (bicyclic) bond motifs is 2. The monoisotopic (exact) mass is 270 g/mol. The van der Waals surface area contributed by atoms with Crippen molar-refractivity contribution in [2.24, 2.45) is 5.92 Å². The Morgan fingerprint density at radius 2 is 2.05 bits per heavy atom. The van der Waals surface area contributed by atoms with E-state index in [-0.39, 0.29) is 0 Å². The fraction of sp³-hybridized carbons (Fsp3) is 0.667. The molecular weight excluding hydrogens is 244 g/mol. The van der Waals surface area contributed by atoms with E-state index in [9.17, 15) is 0 Å². The molecule has 1 N–H and O–H groups in total. The molecular formula is C18H26N2. The maximum absolute atomic E-state index is 3.57. The first kappa shape index (κ1) is 12.7. The second kappa shape index (κ2) is 5.40. The Kier molecular flexibility index (Phi) is 3.43. The van der Waals surface area contributed by atoms with Gasteiger partial charge in [-0.1, -0.05) is 25.0 Å². The van der Waals surface area contributed by atoms with E-state index in [4.69, 9.17) is 0 Å². The summed E-state index contributed by atoms with van der Waals surface area (Å²) < 4.78 is 0. The molecule has 2 heteroatoms. The molecule has 2 aliphatic heterocycles. The van der Waals surface area contributed by atoms with Crippen LogP contribution in [0.15, 0.2) is 18.2 Å². The average molecular weight is 270 g/mol. The molecule has 2 unspecified atom stereocenters. The zero-order valence-electron chi connectivity index (χ0n) is 12.4. The van der Waals surface area contributed by atoms with E-state index in [1.165, 1.54) is 63.7 Å². The topological polar surface area (TPSA) is 15.3 Å². The Balaban J connectivity index is 1.54. The van der Waals surface area contributed by atoms with Crippen molar-refractivity contribution < 1.29 is 0 Å². The van der Waals surface area contributed by atoms with Crippen LogP contribution in [0.1, 0.15) is 49.7 Å². The first-order valence-electron chi connectivity index (χ1n) is 8.50. The van der Waals surface area contributed by atoms with Crippen LogP contribution in [0.2, 0.25) is 0 Å². The van der Waals surface area contributed by atoms with Crippen LogP contribution in [0.25, 0.3) is 0 Å². The van der Waals surface area contributed by atoms with Gasteiger partial charge in [-0.3, -0.25) is 4.90 Å². The van der Waals surface area contributed by atoms with E-state index in [2.05, 4.69) is 28.4 Å². The summed E-state index contributed by atoms with van der Waals surface area (Å²) in [5.74, 6) is 1.00. The highest BCUT2D eigenvalue weighted by Crippen LogP contribution is 2.37. The molecule has 0 bridgehead atoms. The largest absolute Gasteiger partial charge is 0.385 e. The van der Waals surface area contributed by atoms with Crippen molar-refractivity contribution in [3.63, 3.8) is 0 Å². The Morgan fingerprint density at radius 3 is 3.05 bits per heavy atom. The Bertz CT molecular complexity index is 482. The summed E-state index contributed by atoms with van der Waals surface area (Å²) >= 11 is 0. The van der Waals surface area contributed by atoms with Gasteiger partial charge < -0.3 is 5.32 Å². The number of benzene rings is 1. The lowest BCUT2D eigenvalue weighted by molar-refractivity contribution is 0.175. The fourth-order valence-corrected chi connectivity index (χ4v) is 4.65. The van der Waals surface area contributed by atoms with Gasteiger partial charge in [0.1, 0.15) is 0 Å². The Labute approximate surface area is 122 Å². The normalized spacial score (nSPS) is 29.6. The van der Waals surface area contributed by atoms with Gasteiger partial charge in [0, 0.05) is 24.8 Å². The first-order valence-corrected chi connectivity index (χ1v) is 8.50. The third-order valence-electron chi connectivity index (χ3n) is 5.69. The molecule has 2 fully saturated rings. The third-order valence-corrected chi connectivity index (χ3v) is 5.69. The fourth-order valence-electron chi connectivity index (χ4n) is 4.65. The summed E-state index contributed by atoms with van der Waals surface area (Å²) in [6.07, 6.45) is 9.84. The number of nitrogens with one attached hydrogen (secondary N) is 1. The zero-order valence-corrected chi connectivity index (χ0v) is 12.4. The van der Waals surface area contributed by atoms with Crippen molar-refractivity contribution in [2.75, 3.05) is 18.4 Å². The first-order chi connectivity index (χ1) is 9.92. The number of hydrogen-bond acceptors (Lipinski definition) is 2. The smallest absolute Gasteiger partial charge is 0.0375 e. The third kappa shape index (κ3) is 2.24. The average Bonchev–Trinajstić information content (AvgIpc) is 2.91. The SMILES string of the molecule is c1cc(CN2CCC3CCCCC32)c2c(c1)NCCC2. The number of nitrogens with zero attached hydrogens (tertiary/aromatic N) is 1. The Morgan fingerprint density at radius 1 is 1.10 bits per heavy atom. The van der Waals surface area contributed by atoms with Crippen molar-refractivity contribution in [2.45, 2.75) is 57.5 Å². The van der Waals surface area contributed by atoms with Crippen molar-refractivity contribution in [3.05, 3.63) is 29.3 Å². The maximum atomic E-state index is 3.57.